The third-order valence-corrected chi connectivity index (χ3v) is 5.61. The van der Waals surface area contributed by atoms with Crippen LogP contribution in [-0.2, 0) is 20.7 Å². The van der Waals surface area contributed by atoms with Gasteiger partial charge < -0.3 is 9.64 Å². The third kappa shape index (κ3) is 4.22. The number of benzene rings is 1. The van der Waals surface area contributed by atoms with Crippen molar-refractivity contribution in [1.82, 2.24) is 4.98 Å². The molecular weight excluding hydrogens is 356 g/mol. The predicted molar refractivity (Wildman–Crippen MR) is 102 cm³/mol. The van der Waals surface area contributed by atoms with Crippen LogP contribution in [0.1, 0.15) is 17.5 Å². The summed E-state index contributed by atoms with van der Waals surface area (Å²) in [4.78, 5) is 30.1. The van der Waals surface area contributed by atoms with Crippen molar-refractivity contribution in [3.63, 3.8) is 0 Å². The van der Waals surface area contributed by atoms with Gasteiger partial charge in [0, 0.05) is 23.2 Å². The molecule has 0 unspecified atom stereocenters. The molecule has 0 bridgehead atoms. The van der Waals surface area contributed by atoms with E-state index in [1.165, 1.54) is 17.3 Å². The molecule has 2 aromatic rings. The molecule has 0 spiro atoms. The fourth-order valence-electron chi connectivity index (χ4n) is 2.82. The van der Waals surface area contributed by atoms with E-state index < -0.39 is 0 Å². The molecule has 25 heavy (non-hydrogen) atoms. The molecule has 1 aromatic carbocycles. The van der Waals surface area contributed by atoms with Crippen LogP contribution in [0.15, 0.2) is 23.6 Å². The van der Waals surface area contributed by atoms with E-state index in [0.717, 1.165) is 28.4 Å². The number of thiazole rings is 1. The van der Waals surface area contributed by atoms with Crippen LogP contribution in [0.5, 0.6) is 0 Å². The zero-order valence-electron chi connectivity index (χ0n) is 14.3. The Labute approximate surface area is 155 Å². The second kappa shape index (κ2) is 8.01. The molecule has 132 valence electrons. The first-order chi connectivity index (χ1) is 12.1. The van der Waals surface area contributed by atoms with Crippen molar-refractivity contribution in [3.8, 4) is 11.3 Å². The summed E-state index contributed by atoms with van der Waals surface area (Å²) in [5, 5.41) is 3.10. The van der Waals surface area contributed by atoms with Crippen molar-refractivity contribution in [2.24, 2.45) is 0 Å². The number of hydrogen-bond donors (Lipinski definition) is 0. The van der Waals surface area contributed by atoms with Gasteiger partial charge in [-0.2, -0.15) is 0 Å². The first kappa shape index (κ1) is 17.9. The number of aromatic nitrogens is 1. The van der Waals surface area contributed by atoms with Crippen molar-refractivity contribution < 1.29 is 14.3 Å². The van der Waals surface area contributed by atoms with Crippen LogP contribution in [0.3, 0.4) is 0 Å². The Bertz CT molecular complexity index is 788. The van der Waals surface area contributed by atoms with Gasteiger partial charge in [-0.25, -0.2) is 4.98 Å². The number of hydrogen-bond acceptors (Lipinski definition) is 6. The van der Waals surface area contributed by atoms with Crippen LogP contribution in [0.4, 0.5) is 5.69 Å². The average molecular weight is 377 g/mol. The molecule has 1 amide bonds. The summed E-state index contributed by atoms with van der Waals surface area (Å²) in [6.07, 6.45) is 0.848. The molecular formula is C18H20N2O3S2. The fraction of sp³-hybridized carbons (Fsp3) is 0.389. The summed E-state index contributed by atoms with van der Waals surface area (Å²) in [5.41, 5.74) is 4.22. The molecule has 1 aromatic heterocycles. The summed E-state index contributed by atoms with van der Waals surface area (Å²) >= 11 is 2.94. The molecule has 0 saturated heterocycles. The van der Waals surface area contributed by atoms with E-state index in [9.17, 15) is 9.59 Å². The van der Waals surface area contributed by atoms with Crippen LogP contribution in [-0.4, -0.2) is 41.5 Å². The Hall–Kier alpha value is -1.86. The van der Waals surface area contributed by atoms with E-state index in [1.54, 1.807) is 18.3 Å². The number of carbonyl (C=O) groups excluding carboxylic acids is 2. The Balaban J connectivity index is 1.63. The number of amides is 1. The Morgan fingerprint density at radius 1 is 1.36 bits per heavy atom. The maximum atomic E-state index is 12.4. The number of thioether (sulfide) groups is 1. The van der Waals surface area contributed by atoms with E-state index in [4.69, 9.17) is 4.74 Å². The second-order valence-electron chi connectivity index (χ2n) is 5.69. The van der Waals surface area contributed by atoms with Gasteiger partial charge in [0.2, 0.25) is 5.91 Å². The summed E-state index contributed by atoms with van der Waals surface area (Å²) in [6.45, 7) is 4.83. The Morgan fingerprint density at radius 2 is 2.20 bits per heavy atom. The van der Waals surface area contributed by atoms with Gasteiger partial charge in [-0.3, -0.25) is 9.59 Å². The minimum atomic E-state index is -0.273. The number of nitrogens with zero attached hydrogens (tertiary/aromatic N) is 2. The number of rotatable bonds is 6. The molecule has 0 saturated carbocycles. The van der Waals surface area contributed by atoms with E-state index >= 15 is 0 Å². The number of esters is 1. The average Bonchev–Trinajstić information content (AvgIpc) is 3.20. The summed E-state index contributed by atoms with van der Waals surface area (Å²) in [5.74, 6) is 0.254. The predicted octanol–water partition coefficient (Wildman–Crippen LogP) is 3.30. The van der Waals surface area contributed by atoms with E-state index in [-0.39, 0.29) is 23.4 Å². The lowest BCUT2D eigenvalue weighted by Gasteiger charge is -2.17. The molecule has 2 heterocycles. The van der Waals surface area contributed by atoms with Gasteiger partial charge in [0.1, 0.15) is 0 Å². The van der Waals surface area contributed by atoms with Crippen LogP contribution in [0.25, 0.3) is 11.3 Å². The van der Waals surface area contributed by atoms with Crippen molar-refractivity contribution in [2.75, 3.05) is 29.6 Å². The van der Waals surface area contributed by atoms with Gasteiger partial charge in [-0.1, -0.05) is 6.07 Å². The lowest BCUT2D eigenvalue weighted by Crippen LogP contribution is -2.30. The smallest absolute Gasteiger partial charge is 0.315 e. The number of ether oxygens (including phenoxy) is 1. The molecule has 0 fully saturated rings. The molecule has 0 atom stereocenters. The van der Waals surface area contributed by atoms with E-state index in [2.05, 4.69) is 16.4 Å². The highest BCUT2D eigenvalue weighted by Crippen LogP contribution is 2.33. The van der Waals surface area contributed by atoms with E-state index in [1.807, 2.05) is 24.0 Å². The standard InChI is InChI=1S/C18H20N2O3S2/c1-3-23-18(22)11-24-10-17(21)20-7-6-14-8-13(4-5-16(14)20)15-9-25-12(2)19-15/h4-5,8-9H,3,6-7,10-11H2,1-2H3. The summed E-state index contributed by atoms with van der Waals surface area (Å²) in [6, 6.07) is 6.15. The molecule has 0 aliphatic carbocycles. The van der Waals surface area contributed by atoms with E-state index in [0.29, 0.717) is 13.2 Å². The monoisotopic (exact) mass is 376 g/mol. The minimum Gasteiger partial charge on any atom is -0.465 e. The number of anilines is 1. The fourth-order valence-corrected chi connectivity index (χ4v) is 4.12. The normalized spacial score (nSPS) is 13.0. The highest BCUT2D eigenvalue weighted by Gasteiger charge is 2.25. The molecule has 1 aliphatic heterocycles. The van der Waals surface area contributed by atoms with Crippen molar-refractivity contribution in [3.05, 3.63) is 34.2 Å². The highest BCUT2D eigenvalue weighted by molar-refractivity contribution is 8.00. The molecule has 1 aliphatic rings. The SMILES string of the molecule is CCOC(=O)CSCC(=O)N1CCc2cc(-c3csc(C)n3)ccc21. The van der Waals surface area contributed by atoms with Gasteiger partial charge in [0.25, 0.3) is 0 Å². The second-order valence-corrected chi connectivity index (χ2v) is 7.74. The topological polar surface area (TPSA) is 59.5 Å². The molecule has 5 nitrogen and oxygen atoms in total. The highest BCUT2D eigenvalue weighted by atomic mass is 32.2. The molecule has 3 rings (SSSR count). The zero-order chi connectivity index (χ0) is 17.8. The minimum absolute atomic E-state index is 0.0327. The Morgan fingerprint density at radius 3 is 2.92 bits per heavy atom. The first-order valence-corrected chi connectivity index (χ1v) is 10.2. The van der Waals surface area contributed by atoms with Crippen LogP contribution < -0.4 is 4.90 Å². The zero-order valence-corrected chi connectivity index (χ0v) is 15.9. The molecule has 7 heteroatoms. The van der Waals surface area contributed by atoms with Crippen molar-refractivity contribution in [2.45, 2.75) is 20.3 Å². The summed E-state index contributed by atoms with van der Waals surface area (Å²) < 4.78 is 4.87. The maximum Gasteiger partial charge on any atom is 0.315 e. The van der Waals surface area contributed by atoms with Gasteiger partial charge in [0.15, 0.2) is 0 Å². The third-order valence-electron chi connectivity index (χ3n) is 3.94. The molecule has 0 radical (unpaired) electrons. The van der Waals surface area contributed by atoms with Gasteiger partial charge in [-0.15, -0.1) is 23.1 Å². The lowest BCUT2D eigenvalue weighted by atomic mass is 10.1. The van der Waals surface area contributed by atoms with Gasteiger partial charge in [0.05, 0.1) is 28.8 Å². The van der Waals surface area contributed by atoms with Crippen LogP contribution >= 0.6 is 23.1 Å². The van der Waals surface area contributed by atoms with Crippen molar-refractivity contribution >= 4 is 40.7 Å². The Kier molecular flexibility index (Phi) is 5.75. The van der Waals surface area contributed by atoms with Crippen LogP contribution in [0, 0.1) is 6.92 Å². The number of fused-ring (bicyclic) bond motifs is 1. The lowest BCUT2D eigenvalue weighted by molar-refractivity contribution is -0.139. The number of carbonyl (C=O) groups is 2. The first-order valence-electron chi connectivity index (χ1n) is 8.17. The van der Waals surface area contributed by atoms with Gasteiger partial charge >= 0.3 is 5.97 Å². The largest absolute Gasteiger partial charge is 0.465 e. The maximum absolute atomic E-state index is 12.4. The van der Waals surface area contributed by atoms with Crippen LogP contribution in [0.2, 0.25) is 0 Å². The van der Waals surface area contributed by atoms with Gasteiger partial charge in [-0.05, 0) is 38.0 Å². The molecule has 0 N–H and O–H groups in total. The summed E-state index contributed by atoms with van der Waals surface area (Å²) in [7, 11) is 0. The quantitative estimate of drug-likeness (QED) is 0.724. The van der Waals surface area contributed by atoms with Crippen molar-refractivity contribution in [1.29, 1.82) is 0 Å². The number of aryl methyl sites for hydroxylation is 1.